The molecule has 0 spiro atoms. The van der Waals surface area contributed by atoms with Crippen LogP contribution in [0.1, 0.15) is 45.4 Å². The van der Waals surface area contributed by atoms with Crippen molar-refractivity contribution in [2.24, 2.45) is 11.8 Å². The van der Waals surface area contributed by atoms with Crippen LogP contribution in [0.4, 0.5) is 4.79 Å². The Labute approximate surface area is 114 Å². The van der Waals surface area contributed by atoms with E-state index < -0.39 is 11.9 Å². The van der Waals surface area contributed by atoms with Gasteiger partial charge in [-0.2, -0.15) is 0 Å². The lowest BCUT2D eigenvalue weighted by molar-refractivity contribution is -0.143. The quantitative estimate of drug-likeness (QED) is 0.802. The molecule has 0 aromatic rings. The van der Waals surface area contributed by atoms with Gasteiger partial charge in [0.2, 0.25) is 0 Å². The second-order valence-corrected chi connectivity index (χ2v) is 5.86. The molecule has 2 N–H and O–H groups in total. The highest BCUT2D eigenvalue weighted by Crippen LogP contribution is 2.34. The van der Waals surface area contributed by atoms with E-state index in [9.17, 15) is 9.59 Å². The van der Waals surface area contributed by atoms with Gasteiger partial charge in [-0.1, -0.05) is 19.8 Å². The predicted octanol–water partition coefficient (Wildman–Crippen LogP) is 2.07. The van der Waals surface area contributed by atoms with Gasteiger partial charge in [0.1, 0.15) is 0 Å². The molecule has 5 heteroatoms. The molecule has 5 nitrogen and oxygen atoms in total. The number of rotatable bonds is 5. The molecule has 0 bridgehead atoms. The Bertz CT molecular complexity index is 342. The fraction of sp³-hybridized carbons (Fsp3) is 0.857. The van der Waals surface area contributed by atoms with Crippen LogP contribution in [0.25, 0.3) is 0 Å². The maximum atomic E-state index is 12.2. The van der Waals surface area contributed by atoms with Crippen molar-refractivity contribution in [3.8, 4) is 0 Å². The molecule has 2 unspecified atom stereocenters. The number of amides is 2. The second kappa shape index (κ2) is 6.26. The highest BCUT2D eigenvalue weighted by atomic mass is 16.4. The molecule has 1 aliphatic heterocycles. The number of nitrogens with one attached hydrogen (secondary N) is 1. The summed E-state index contributed by atoms with van der Waals surface area (Å²) in [4.78, 5) is 24.8. The molecular formula is C14H24N2O3. The number of piperidine rings is 1. The standard InChI is InChI=1S/C14H24N2O3/c1-2-12(8-10-5-6-10)15-14(19)16-7-3-4-11(9-16)13(17)18/h10-12H,2-9H2,1H3,(H,15,19)(H,17,18). The lowest BCUT2D eigenvalue weighted by Crippen LogP contribution is -2.49. The SMILES string of the molecule is CCC(CC1CC1)NC(=O)N1CCCC(C(=O)O)C1. The zero-order chi connectivity index (χ0) is 13.8. The van der Waals surface area contributed by atoms with Gasteiger partial charge in [0.05, 0.1) is 5.92 Å². The second-order valence-electron chi connectivity index (χ2n) is 5.86. The van der Waals surface area contributed by atoms with E-state index in [1.807, 2.05) is 0 Å². The Balaban J connectivity index is 1.81. The van der Waals surface area contributed by atoms with Gasteiger partial charge in [-0.15, -0.1) is 0 Å². The lowest BCUT2D eigenvalue weighted by atomic mass is 9.98. The third-order valence-corrected chi connectivity index (χ3v) is 4.19. The lowest BCUT2D eigenvalue weighted by Gasteiger charge is -2.32. The highest BCUT2D eigenvalue weighted by molar-refractivity contribution is 5.76. The molecular weight excluding hydrogens is 244 g/mol. The number of hydrogen-bond donors (Lipinski definition) is 2. The minimum Gasteiger partial charge on any atom is -0.481 e. The summed E-state index contributed by atoms with van der Waals surface area (Å²) >= 11 is 0. The molecule has 2 rings (SSSR count). The number of urea groups is 1. The molecule has 2 fully saturated rings. The third-order valence-electron chi connectivity index (χ3n) is 4.19. The smallest absolute Gasteiger partial charge is 0.317 e. The average molecular weight is 268 g/mol. The summed E-state index contributed by atoms with van der Waals surface area (Å²) in [6.45, 7) is 3.11. The maximum absolute atomic E-state index is 12.2. The van der Waals surface area contributed by atoms with Crippen LogP contribution in [0.2, 0.25) is 0 Å². The summed E-state index contributed by atoms with van der Waals surface area (Å²) in [5.74, 6) is -0.399. The first kappa shape index (κ1) is 14.2. The number of carboxylic acid groups (broad SMARTS) is 1. The van der Waals surface area contributed by atoms with Gasteiger partial charge in [0.15, 0.2) is 0 Å². The van der Waals surface area contributed by atoms with Crippen molar-refractivity contribution in [2.75, 3.05) is 13.1 Å². The van der Waals surface area contributed by atoms with Crippen LogP contribution in [0.5, 0.6) is 0 Å². The van der Waals surface area contributed by atoms with E-state index in [4.69, 9.17) is 5.11 Å². The third kappa shape index (κ3) is 4.11. The van der Waals surface area contributed by atoms with Gasteiger partial charge in [0, 0.05) is 19.1 Å². The van der Waals surface area contributed by atoms with Crippen LogP contribution < -0.4 is 5.32 Å². The number of likely N-dealkylation sites (tertiary alicyclic amines) is 1. The van der Waals surface area contributed by atoms with Gasteiger partial charge in [-0.25, -0.2) is 4.79 Å². The number of hydrogen-bond acceptors (Lipinski definition) is 2. The Morgan fingerprint density at radius 2 is 2.11 bits per heavy atom. The van der Waals surface area contributed by atoms with Gasteiger partial charge in [-0.3, -0.25) is 4.79 Å². The first-order valence-corrected chi connectivity index (χ1v) is 7.38. The van der Waals surface area contributed by atoms with Gasteiger partial charge in [-0.05, 0) is 31.6 Å². The minimum atomic E-state index is -0.789. The summed E-state index contributed by atoms with van der Waals surface area (Å²) in [6.07, 6.45) is 6.05. The zero-order valence-corrected chi connectivity index (χ0v) is 11.6. The molecule has 1 heterocycles. The van der Waals surface area contributed by atoms with Crippen molar-refractivity contribution in [3.05, 3.63) is 0 Å². The van der Waals surface area contributed by atoms with Gasteiger partial charge < -0.3 is 15.3 Å². The van der Waals surface area contributed by atoms with Crippen molar-refractivity contribution >= 4 is 12.0 Å². The largest absolute Gasteiger partial charge is 0.481 e. The van der Waals surface area contributed by atoms with Crippen molar-refractivity contribution in [1.29, 1.82) is 0 Å². The summed E-state index contributed by atoms with van der Waals surface area (Å²) in [5, 5.41) is 12.1. The number of carboxylic acids is 1. The summed E-state index contributed by atoms with van der Waals surface area (Å²) in [5.41, 5.74) is 0. The Kier molecular flexibility index (Phi) is 4.66. The van der Waals surface area contributed by atoms with Crippen molar-refractivity contribution in [2.45, 2.75) is 51.5 Å². The molecule has 19 heavy (non-hydrogen) atoms. The van der Waals surface area contributed by atoms with Crippen LogP contribution in [-0.4, -0.2) is 41.1 Å². The van der Waals surface area contributed by atoms with Crippen LogP contribution in [0.15, 0.2) is 0 Å². The van der Waals surface area contributed by atoms with Crippen molar-refractivity contribution < 1.29 is 14.7 Å². The molecule has 0 aromatic carbocycles. The molecule has 2 aliphatic rings. The Morgan fingerprint density at radius 3 is 2.68 bits per heavy atom. The van der Waals surface area contributed by atoms with Crippen LogP contribution in [0, 0.1) is 11.8 Å². The van der Waals surface area contributed by atoms with Gasteiger partial charge >= 0.3 is 12.0 Å². The topological polar surface area (TPSA) is 69.6 Å². The Hall–Kier alpha value is -1.26. The summed E-state index contributed by atoms with van der Waals surface area (Å²) in [6, 6.07) is 0.156. The molecule has 0 aromatic heterocycles. The fourth-order valence-electron chi connectivity index (χ4n) is 2.71. The monoisotopic (exact) mass is 268 g/mol. The molecule has 1 saturated heterocycles. The van der Waals surface area contributed by atoms with Crippen molar-refractivity contribution in [1.82, 2.24) is 10.2 Å². The summed E-state index contributed by atoms with van der Waals surface area (Å²) < 4.78 is 0. The maximum Gasteiger partial charge on any atom is 0.317 e. The van der Waals surface area contributed by atoms with Crippen LogP contribution in [0.3, 0.4) is 0 Å². The van der Waals surface area contributed by atoms with E-state index in [0.29, 0.717) is 19.5 Å². The minimum absolute atomic E-state index is 0.0848. The number of carbonyl (C=O) groups is 2. The molecule has 1 saturated carbocycles. The zero-order valence-electron chi connectivity index (χ0n) is 11.6. The Morgan fingerprint density at radius 1 is 1.37 bits per heavy atom. The molecule has 2 amide bonds. The first-order chi connectivity index (χ1) is 9.10. The van der Waals surface area contributed by atoms with Crippen LogP contribution in [-0.2, 0) is 4.79 Å². The molecule has 108 valence electrons. The van der Waals surface area contributed by atoms with E-state index in [2.05, 4.69) is 12.2 Å². The normalized spacial score (nSPS) is 24.9. The number of nitrogens with zero attached hydrogens (tertiary/aromatic N) is 1. The molecule has 1 aliphatic carbocycles. The average Bonchev–Trinajstić information content (AvgIpc) is 3.22. The van der Waals surface area contributed by atoms with E-state index in [1.54, 1.807) is 4.90 Å². The number of carbonyl (C=O) groups excluding carboxylic acids is 1. The van der Waals surface area contributed by atoms with E-state index in [0.717, 1.165) is 25.2 Å². The van der Waals surface area contributed by atoms with Crippen LogP contribution >= 0.6 is 0 Å². The molecule has 2 atom stereocenters. The van der Waals surface area contributed by atoms with E-state index in [1.165, 1.54) is 12.8 Å². The fourth-order valence-corrected chi connectivity index (χ4v) is 2.71. The van der Waals surface area contributed by atoms with E-state index in [-0.39, 0.29) is 12.1 Å². The van der Waals surface area contributed by atoms with E-state index >= 15 is 0 Å². The predicted molar refractivity (Wildman–Crippen MR) is 71.9 cm³/mol. The van der Waals surface area contributed by atoms with Crippen molar-refractivity contribution in [3.63, 3.8) is 0 Å². The summed E-state index contributed by atoms with van der Waals surface area (Å²) in [7, 11) is 0. The van der Waals surface area contributed by atoms with Gasteiger partial charge in [0.25, 0.3) is 0 Å². The highest BCUT2D eigenvalue weighted by Gasteiger charge is 2.30. The number of aliphatic carboxylic acids is 1. The first-order valence-electron chi connectivity index (χ1n) is 7.38. The molecule has 0 radical (unpaired) electrons.